The standard InChI is InChI=1S/C22H32N4O5/c1-12(2)18(24-3)22(31)25-15-10-14(11-17(27)19(15)28)21(30)26-16(20(23)29)9-13-7-5-4-6-8-13/h4-8,10,12,15-19,24,27-28H,9,11H2,1-3H3,(H2,23,29)(H,25,31)(H,26,30)/p+1/t15-,16-,17-,18+,19-/m1/s1. The summed E-state index contributed by atoms with van der Waals surface area (Å²) in [6, 6.07) is 6.89. The fraction of sp³-hybridized carbons (Fsp3) is 0.500. The summed E-state index contributed by atoms with van der Waals surface area (Å²) in [6.45, 7) is 3.81. The predicted molar refractivity (Wildman–Crippen MR) is 114 cm³/mol. The molecule has 1 aliphatic carbocycles. The molecule has 0 spiro atoms. The molecule has 31 heavy (non-hydrogen) atoms. The van der Waals surface area contributed by atoms with E-state index in [2.05, 4.69) is 10.6 Å². The van der Waals surface area contributed by atoms with Crippen LogP contribution in [0.3, 0.4) is 0 Å². The van der Waals surface area contributed by atoms with Crippen LogP contribution < -0.4 is 21.7 Å². The lowest BCUT2D eigenvalue weighted by atomic mass is 9.89. The molecule has 0 aliphatic heterocycles. The van der Waals surface area contributed by atoms with Crippen molar-refractivity contribution in [1.29, 1.82) is 0 Å². The minimum atomic E-state index is -1.25. The molecular formula is C22H33N4O5+. The van der Waals surface area contributed by atoms with Gasteiger partial charge >= 0.3 is 0 Å². The number of benzene rings is 1. The van der Waals surface area contributed by atoms with Crippen LogP contribution in [0.25, 0.3) is 0 Å². The number of hydrogen-bond donors (Lipinski definition) is 6. The van der Waals surface area contributed by atoms with E-state index in [1.165, 1.54) is 6.08 Å². The van der Waals surface area contributed by atoms with Crippen LogP contribution >= 0.6 is 0 Å². The molecule has 0 unspecified atom stereocenters. The van der Waals surface area contributed by atoms with Gasteiger partial charge in [-0.25, -0.2) is 0 Å². The van der Waals surface area contributed by atoms with E-state index >= 15 is 0 Å². The van der Waals surface area contributed by atoms with Crippen LogP contribution in [0.5, 0.6) is 0 Å². The van der Waals surface area contributed by atoms with Gasteiger partial charge in [-0.2, -0.15) is 0 Å². The molecule has 0 bridgehead atoms. The van der Waals surface area contributed by atoms with Gasteiger partial charge in [0.15, 0.2) is 6.04 Å². The lowest BCUT2D eigenvalue weighted by molar-refractivity contribution is -0.656. The first kappa shape index (κ1) is 24.5. The van der Waals surface area contributed by atoms with E-state index in [1.807, 2.05) is 44.2 Å². The highest BCUT2D eigenvalue weighted by Gasteiger charge is 2.36. The van der Waals surface area contributed by atoms with E-state index in [0.717, 1.165) is 5.56 Å². The zero-order valence-corrected chi connectivity index (χ0v) is 18.1. The molecule has 170 valence electrons. The van der Waals surface area contributed by atoms with Crippen molar-refractivity contribution in [2.75, 3.05) is 7.05 Å². The van der Waals surface area contributed by atoms with Crippen molar-refractivity contribution in [1.82, 2.24) is 10.6 Å². The van der Waals surface area contributed by atoms with Gasteiger partial charge in [-0.1, -0.05) is 50.3 Å². The number of amides is 3. The van der Waals surface area contributed by atoms with Crippen molar-refractivity contribution in [2.24, 2.45) is 11.7 Å². The second-order valence-electron chi connectivity index (χ2n) is 8.21. The van der Waals surface area contributed by atoms with Crippen LogP contribution in [0.2, 0.25) is 0 Å². The minimum Gasteiger partial charge on any atom is -0.390 e. The Morgan fingerprint density at radius 3 is 2.39 bits per heavy atom. The summed E-state index contributed by atoms with van der Waals surface area (Å²) in [6.07, 6.45) is -0.938. The van der Waals surface area contributed by atoms with Gasteiger partial charge in [0, 0.05) is 24.3 Å². The summed E-state index contributed by atoms with van der Waals surface area (Å²) in [4.78, 5) is 37.2. The Morgan fingerprint density at radius 2 is 1.84 bits per heavy atom. The molecule has 2 rings (SSSR count). The Morgan fingerprint density at radius 1 is 1.19 bits per heavy atom. The van der Waals surface area contributed by atoms with Crippen molar-refractivity contribution in [3.8, 4) is 0 Å². The number of carbonyl (C=O) groups excluding carboxylic acids is 3. The molecule has 0 heterocycles. The van der Waals surface area contributed by atoms with Crippen molar-refractivity contribution in [2.45, 2.75) is 57.0 Å². The zero-order valence-electron chi connectivity index (χ0n) is 18.1. The third-order valence-electron chi connectivity index (χ3n) is 5.48. The van der Waals surface area contributed by atoms with Crippen molar-refractivity contribution >= 4 is 17.7 Å². The van der Waals surface area contributed by atoms with Gasteiger partial charge in [0.2, 0.25) is 11.8 Å². The second kappa shape index (κ2) is 11.0. The van der Waals surface area contributed by atoms with E-state index < -0.39 is 36.1 Å². The first-order valence-electron chi connectivity index (χ1n) is 10.4. The van der Waals surface area contributed by atoms with Crippen LogP contribution in [0, 0.1) is 5.92 Å². The van der Waals surface area contributed by atoms with E-state index in [0.29, 0.717) is 0 Å². The third kappa shape index (κ3) is 6.61. The van der Waals surface area contributed by atoms with Crippen LogP contribution in [-0.4, -0.2) is 65.3 Å². The van der Waals surface area contributed by atoms with Gasteiger partial charge in [0.05, 0.1) is 19.2 Å². The average Bonchev–Trinajstić information content (AvgIpc) is 2.71. The Bertz CT molecular complexity index is 811. The average molecular weight is 434 g/mol. The van der Waals surface area contributed by atoms with Crippen LogP contribution in [-0.2, 0) is 20.8 Å². The van der Waals surface area contributed by atoms with E-state index in [-0.39, 0.29) is 36.3 Å². The number of aliphatic hydroxyl groups is 2. The normalized spacial score (nSPS) is 22.9. The molecule has 3 amide bonds. The number of quaternary nitrogens is 1. The number of nitrogens with one attached hydrogen (secondary N) is 2. The molecule has 5 atom stereocenters. The van der Waals surface area contributed by atoms with Gasteiger partial charge in [-0.3, -0.25) is 14.4 Å². The molecular weight excluding hydrogens is 400 g/mol. The summed E-state index contributed by atoms with van der Waals surface area (Å²) in [5.41, 5.74) is 6.46. The molecule has 0 saturated heterocycles. The predicted octanol–water partition coefficient (Wildman–Crippen LogP) is -2.05. The number of carbonyl (C=O) groups is 3. The quantitative estimate of drug-likeness (QED) is 0.264. The number of primary amides is 1. The maximum absolute atomic E-state index is 12.8. The highest BCUT2D eigenvalue weighted by Crippen LogP contribution is 2.20. The van der Waals surface area contributed by atoms with E-state index in [1.54, 1.807) is 12.4 Å². The lowest BCUT2D eigenvalue weighted by Crippen LogP contribution is -2.90. The van der Waals surface area contributed by atoms with E-state index in [9.17, 15) is 24.6 Å². The molecule has 0 radical (unpaired) electrons. The number of hydrogen-bond acceptors (Lipinski definition) is 5. The first-order valence-corrected chi connectivity index (χ1v) is 10.4. The topological polar surface area (TPSA) is 158 Å². The Labute approximate surface area is 182 Å². The molecule has 9 heteroatoms. The van der Waals surface area contributed by atoms with Crippen molar-refractivity contribution in [3.05, 3.63) is 47.5 Å². The summed E-state index contributed by atoms with van der Waals surface area (Å²) in [5, 5.41) is 27.6. The van der Waals surface area contributed by atoms with Gasteiger partial charge < -0.3 is 31.9 Å². The monoisotopic (exact) mass is 433 g/mol. The van der Waals surface area contributed by atoms with Gasteiger partial charge in [0.25, 0.3) is 5.91 Å². The highest BCUT2D eigenvalue weighted by atomic mass is 16.3. The van der Waals surface area contributed by atoms with Crippen LogP contribution in [0.4, 0.5) is 0 Å². The summed E-state index contributed by atoms with van der Waals surface area (Å²) in [5.74, 6) is -1.51. The molecule has 9 nitrogen and oxygen atoms in total. The first-order chi connectivity index (χ1) is 14.6. The number of likely N-dealkylation sites (N-methyl/N-ethyl adjacent to an activating group) is 1. The number of aliphatic hydroxyl groups excluding tert-OH is 2. The zero-order chi connectivity index (χ0) is 23.1. The molecule has 8 N–H and O–H groups in total. The highest BCUT2D eigenvalue weighted by molar-refractivity contribution is 5.97. The SMILES string of the molecule is C[NH2+][C@H](C(=O)N[C@@H]1C=C(C(=O)N[C@H](Cc2ccccc2)C(N)=O)C[C@@H](O)[C@@H]1O)C(C)C. The number of rotatable bonds is 9. The van der Waals surface area contributed by atoms with Crippen LogP contribution in [0.15, 0.2) is 42.0 Å². The van der Waals surface area contributed by atoms with Gasteiger partial charge in [-0.05, 0) is 5.56 Å². The summed E-state index contributed by atoms with van der Waals surface area (Å²) in [7, 11) is 1.78. The van der Waals surface area contributed by atoms with Crippen molar-refractivity contribution in [3.63, 3.8) is 0 Å². The lowest BCUT2D eigenvalue weighted by Gasteiger charge is -2.32. The van der Waals surface area contributed by atoms with Gasteiger partial charge in [0.1, 0.15) is 12.1 Å². The van der Waals surface area contributed by atoms with Crippen molar-refractivity contribution < 1.29 is 29.9 Å². The smallest absolute Gasteiger partial charge is 0.279 e. The largest absolute Gasteiger partial charge is 0.390 e. The Hall–Kier alpha value is -2.75. The fourth-order valence-corrected chi connectivity index (χ4v) is 3.69. The maximum atomic E-state index is 12.8. The fourth-order valence-electron chi connectivity index (χ4n) is 3.69. The minimum absolute atomic E-state index is 0.0525. The second-order valence-corrected chi connectivity index (χ2v) is 8.21. The van der Waals surface area contributed by atoms with Crippen LogP contribution in [0.1, 0.15) is 25.8 Å². The van der Waals surface area contributed by atoms with Gasteiger partial charge in [-0.15, -0.1) is 0 Å². The Kier molecular flexibility index (Phi) is 8.73. The number of nitrogens with two attached hydrogens (primary N) is 2. The molecule has 1 aromatic rings. The summed E-state index contributed by atoms with van der Waals surface area (Å²) >= 11 is 0. The molecule has 1 aromatic carbocycles. The molecule has 0 saturated carbocycles. The molecule has 1 aliphatic rings. The molecule has 0 aromatic heterocycles. The Balaban J connectivity index is 2.14. The molecule has 0 fully saturated rings. The summed E-state index contributed by atoms with van der Waals surface area (Å²) < 4.78 is 0. The van der Waals surface area contributed by atoms with E-state index in [4.69, 9.17) is 5.73 Å². The third-order valence-corrected chi connectivity index (χ3v) is 5.48. The maximum Gasteiger partial charge on any atom is 0.279 e.